The number of dihydropyridines is 1. The van der Waals surface area contributed by atoms with Crippen molar-refractivity contribution in [3.05, 3.63) is 112 Å². The zero-order valence-electron chi connectivity index (χ0n) is 26.8. The average Bonchev–Trinajstić information content (AvgIpc) is 3.07. The van der Waals surface area contributed by atoms with Crippen LogP contribution >= 0.6 is 0 Å². The Hall–Kier alpha value is -5.05. The van der Waals surface area contributed by atoms with Gasteiger partial charge in [0, 0.05) is 28.8 Å². The van der Waals surface area contributed by atoms with E-state index < -0.39 is 35.5 Å². The van der Waals surface area contributed by atoms with E-state index in [4.69, 9.17) is 23.7 Å². The van der Waals surface area contributed by atoms with E-state index in [0.717, 1.165) is 11.1 Å². The van der Waals surface area contributed by atoms with Gasteiger partial charge in [0.2, 0.25) is 0 Å². The normalized spacial score (nSPS) is 19.2. The van der Waals surface area contributed by atoms with Crippen molar-refractivity contribution in [2.75, 3.05) is 27.4 Å². The Balaban J connectivity index is 1.63. The van der Waals surface area contributed by atoms with Gasteiger partial charge in [0.25, 0.3) is 0 Å². The summed E-state index contributed by atoms with van der Waals surface area (Å²) in [6.45, 7) is 5.82. The average molecular weight is 626 g/mol. The summed E-state index contributed by atoms with van der Waals surface area (Å²) in [7, 11) is 3.09. The van der Waals surface area contributed by atoms with Gasteiger partial charge in [0.05, 0.1) is 33.0 Å². The summed E-state index contributed by atoms with van der Waals surface area (Å²) in [5.74, 6) is -2.65. The minimum atomic E-state index is -1.16. The molecule has 1 heterocycles. The van der Waals surface area contributed by atoms with E-state index in [9.17, 15) is 14.4 Å². The SMILES string of the molecule is CCOC(=O)C1=C(C)NC2=C(C(=O)[C@@H](C(=O)OCC)[C@@H](c3ccccc3OC)C2)[C@@H]1c1ccc(OCc2ccccc2)c(OC)c1. The molecule has 0 bridgehead atoms. The van der Waals surface area contributed by atoms with Crippen molar-refractivity contribution in [1.82, 2.24) is 5.32 Å². The Kier molecular flexibility index (Phi) is 10.1. The van der Waals surface area contributed by atoms with Crippen LogP contribution in [0.2, 0.25) is 0 Å². The van der Waals surface area contributed by atoms with Crippen LogP contribution in [0.4, 0.5) is 0 Å². The molecule has 5 rings (SSSR count). The lowest BCUT2D eigenvalue weighted by Crippen LogP contribution is -2.43. The maximum atomic E-state index is 14.7. The predicted molar refractivity (Wildman–Crippen MR) is 171 cm³/mol. The number of nitrogens with one attached hydrogen (secondary N) is 1. The molecule has 1 N–H and O–H groups in total. The third-order valence-corrected chi connectivity index (χ3v) is 8.35. The molecule has 9 nitrogen and oxygen atoms in total. The Bertz CT molecular complexity index is 1680. The topological polar surface area (TPSA) is 109 Å². The third-order valence-electron chi connectivity index (χ3n) is 8.35. The molecule has 1 aliphatic heterocycles. The number of esters is 2. The Morgan fingerprint density at radius 1 is 0.848 bits per heavy atom. The number of allylic oxidation sites excluding steroid dienone is 3. The predicted octanol–water partition coefficient (Wildman–Crippen LogP) is 6.00. The highest BCUT2D eigenvalue weighted by atomic mass is 16.5. The van der Waals surface area contributed by atoms with Crippen molar-refractivity contribution >= 4 is 17.7 Å². The fourth-order valence-electron chi connectivity index (χ4n) is 6.33. The van der Waals surface area contributed by atoms with E-state index in [2.05, 4.69) is 5.32 Å². The number of benzene rings is 3. The molecular formula is C37H39NO8. The summed E-state index contributed by atoms with van der Waals surface area (Å²) in [4.78, 5) is 41.8. The highest BCUT2D eigenvalue weighted by molar-refractivity contribution is 6.13. The van der Waals surface area contributed by atoms with Crippen LogP contribution in [0.3, 0.4) is 0 Å². The van der Waals surface area contributed by atoms with Gasteiger partial charge >= 0.3 is 11.9 Å². The summed E-state index contributed by atoms with van der Waals surface area (Å²) >= 11 is 0. The first kappa shape index (κ1) is 32.3. The second-order valence-electron chi connectivity index (χ2n) is 11.0. The largest absolute Gasteiger partial charge is 0.496 e. The zero-order valence-corrected chi connectivity index (χ0v) is 26.8. The maximum absolute atomic E-state index is 14.7. The molecule has 3 atom stereocenters. The minimum Gasteiger partial charge on any atom is -0.496 e. The number of hydrogen-bond donors (Lipinski definition) is 1. The minimum absolute atomic E-state index is 0.115. The number of carbonyl (C=O) groups excluding carboxylic acids is 3. The fourth-order valence-corrected chi connectivity index (χ4v) is 6.33. The summed E-state index contributed by atoms with van der Waals surface area (Å²) in [5, 5.41) is 3.33. The van der Waals surface area contributed by atoms with Gasteiger partial charge < -0.3 is 29.0 Å². The van der Waals surface area contributed by atoms with Crippen molar-refractivity contribution in [2.45, 2.75) is 45.6 Å². The van der Waals surface area contributed by atoms with Crippen molar-refractivity contribution < 1.29 is 38.1 Å². The molecule has 0 fully saturated rings. The summed E-state index contributed by atoms with van der Waals surface area (Å²) in [6.07, 6.45) is 0.310. The molecule has 2 aliphatic rings. The number of methoxy groups -OCH3 is 2. The monoisotopic (exact) mass is 625 g/mol. The van der Waals surface area contributed by atoms with Gasteiger partial charge in [-0.05, 0) is 62.1 Å². The fraction of sp³-hybridized carbons (Fsp3) is 0.324. The molecule has 0 unspecified atom stereocenters. The maximum Gasteiger partial charge on any atom is 0.336 e. The standard InChI is InChI=1S/C37H39NO8/c1-6-44-36(40)31-22(3)38-27-20-26(25-15-11-12-16-28(25)42-4)33(37(41)45-7-2)35(39)34(27)32(31)24-17-18-29(30(19-24)43-5)46-21-23-13-9-8-10-14-23/h8-19,26,32-33,38H,6-7,20-21H2,1-5H3/t26-,32-,33+/m1/s1. The molecule has 0 spiro atoms. The van der Waals surface area contributed by atoms with Gasteiger partial charge in [-0.1, -0.05) is 54.6 Å². The van der Waals surface area contributed by atoms with Crippen LogP contribution in [0.1, 0.15) is 55.7 Å². The van der Waals surface area contributed by atoms with Crippen molar-refractivity contribution in [2.24, 2.45) is 5.92 Å². The van der Waals surface area contributed by atoms with E-state index >= 15 is 0 Å². The van der Waals surface area contributed by atoms with E-state index in [1.165, 1.54) is 7.11 Å². The first-order valence-corrected chi connectivity index (χ1v) is 15.4. The van der Waals surface area contributed by atoms with Crippen molar-refractivity contribution in [3.8, 4) is 17.2 Å². The highest BCUT2D eigenvalue weighted by Crippen LogP contribution is 2.50. The van der Waals surface area contributed by atoms with Crippen LogP contribution in [0.5, 0.6) is 17.2 Å². The second-order valence-corrected chi connectivity index (χ2v) is 11.0. The molecule has 240 valence electrons. The molecule has 3 aromatic carbocycles. The number of hydrogen-bond acceptors (Lipinski definition) is 9. The van der Waals surface area contributed by atoms with Gasteiger partial charge in [0.15, 0.2) is 17.3 Å². The van der Waals surface area contributed by atoms with Gasteiger partial charge in [-0.25, -0.2) is 4.79 Å². The lowest BCUT2D eigenvalue weighted by molar-refractivity contribution is -0.152. The van der Waals surface area contributed by atoms with E-state index in [1.54, 1.807) is 46.1 Å². The van der Waals surface area contributed by atoms with Gasteiger partial charge in [-0.15, -0.1) is 0 Å². The Labute approximate surface area is 269 Å². The quantitative estimate of drug-likeness (QED) is 0.203. The number of Topliss-reactive ketones (excluding diaryl/α,β-unsaturated/α-hetero) is 1. The Morgan fingerprint density at radius 3 is 2.24 bits per heavy atom. The lowest BCUT2D eigenvalue weighted by Gasteiger charge is -2.39. The number of carbonyl (C=O) groups is 3. The van der Waals surface area contributed by atoms with Gasteiger partial charge in [0.1, 0.15) is 18.3 Å². The van der Waals surface area contributed by atoms with E-state index in [-0.39, 0.29) is 18.8 Å². The summed E-state index contributed by atoms with van der Waals surface area (Å²) in [5.41, 5.74) is 4.12. The third kappa shape index (κ3) is 6.36. The second kappa shape index (κ2) is 14.4. The van der Waals surface area contributed by atoms with Crippen molar-refractivity contribution in [3.63, 3.8) is 0 Å². The first-order chi connectivity index (χ1) is 22.3. The van der Waals surface area contributed by atoms with Crippen LogP contribution in [-0.4, -0.2) is 45.2 Å². The molecule has 0 saturated carbocycles. The smallest absolute Gasteiger partial charge is 0.336 e. The zero-order chi connectivity index (χ0) is 32.8. The molecule has 0 aromatic heterocycles. The number of ketones is 1. The number of para-hydroxylation sites is 1. The molecule has 3 aromatic rings. The number of ether oxygens (including phenoxy) is 5. The van der Waals surface area contributed by atoms with Crippen molar-refractivity contribution in [1.29, 1.82) is 0 Å². The lowest BCUT2D eigenvalue weighted by atomic mass is 9.67. The van der Waals surface area contributed by atoms with Gasteiger partial charge in [-0.3, -0.25) is 9.59 Å². The van der Waals surface area contributed by atoms with E-state index in [1.807, 2.05) is 54.6 Å². The van der Waals surface area contributed by atoms with Crippen LogP contribution < -0.4 is 19.5 Å². The van der Waals surface area contributed by atoms with Gasteiger partial charge in [-0.2, -0.15) is 0 Å². The molecule has 0 saturated heterocycles. The van der Waals surface area contributed by atoms with Crippen LogP contribution in [0, 0.1) is 5.92 Å². The van der Waals surface area contributed by atoms with E-state index in [0.29, 0.717) is 52.8 Å². The molecule has 0 radical (unpaired) electrons. The number of rotatable bonds is 11. The van der Waals surface area contributed by atoms with Crippen LogP contribution in [0.25, 0.3) is 0 Å². The molecule has 46 heavy (non-hydrogen) atoms. The molecule has 9 heteroatoms. The summed E-state index contributed by atoms with van der Waals surface area (Å²) in [6, 6.07) is 22.5. The molecule has 0 amide bonds. The van der Waals surface area contributed by atoms with Crippen LogP contribution in [-0.2, 0) is 30.5 Å². The first-order valence-electron chi connectivity index (χ1n) is 15.4. The Morgan fingerprint density at radius 2 is 1.54 bits per heavy atom. The summed E-state index contributed by atoms with van der Waals surface area (Å²) < 4.78 is 28.4. The molecular weight excluding hydrogens is 586 g/mol. The highest BCUT2D eigenvalue weighted by Gasteiger charge is 2.49. The van der Waals surface area contributed by atoms with Crippen LogP contribution in [0.15, 0.2) is 95.3 Å². The molecule has 1 aliphatic carbocycles.